The van der Waals surface area contributed by atoms with Crippen molar-refractivity contribution in [2.45, 2.75) is 38.3 Å². The number of carbonyl (C=O) groups is 1. The number of hydrogen-bond donors (Lipinski definition) is 1. The summed E-state index contributed by atoms with van der Waals surface area (Å²) in [4.78, 5) is 11.8. The fourth-order valence-electron chi connectivity index (χ4n) is 2.25. The third-order valence-electron chi connectivity index (χ3n) is 3.11. The number of nitrogens with zero attached hydrogens (tertiary/aromatic N) is 1. The molecule has 1 aliphatic heterocycles. The molecule has 0 aliphatic carbocycles. The highest BCUT2D eigenvalue weighted by molar-refractivity contribution is 5.66. The fourth-order valence-corrected chi connectivity index (χ4v) is 2.25. The van der Waals surface area contributed by atoms with Gasteiger partial charge in [-0.25, -0.2) is 0 Å². The molecule has 0 radical (unpaired) electrons. The van der Waals surface area contributed by atoms with Crippen molar-refractivity contribution in [1.82, 2.24) is 4.90 Å². The van der Waals surface area contributed by atoms with E-state index >= 15 is 0 Å². The number of likely N-dealkylation sites (tertiary alicyclic amines) is 1. The van der Waals surface area contributed by atoms with E-state index in [0.717, 1.165) is 12.8 Å². The molecule has 0 saturated carbocycles. The van der Waals surface area contributed by atoms with Crippen molar-refractivity contribution < 1.29 is 23.1 Å². The van der Waals surface area contributed by atoms with Gasteiger partial charge in [-0.05, 0) is 44.7 Å². The lowest BCUT2D eigenvalue weighted by molar-refractivity contribution is -0.145. The van der Waals surface area contributed by atoms with Crippen LogP contribution in [0.5, 0.6) is 0 Å². The van der Waals surface area contributed by atoms with Gasteiger partial charge in [-0.2, -0.15) is 13.2 Å². The lowest BCUT2D eigenvalue weighted by atomic mass is 9.95. The molecule has 17 heavy (non-hydrogen) atoms. The Balaban J connectivity index is 2.31. The van der Waals surface area contributed by atoms with E-state index in [1.807, 2.05) is 0 Å². The Kier molecular flexibility index (Phi) is 5.24. The summed E-state index contributed by atoms with van der Waals surface area (Å²) in [7, 11) is 0. The molecule has 1 N–H and O–H groups in total. The highest BCUT2D eigenvalue weighted by Crippen LogP contribution is 2.24. The van der Waals surface area contributed by atoms with Crippen LogP contribution >= 0.6 is 0 Å². The summed E-state index contributed by atoms with van der Waals surface area (Å²) in [5, 5.41) is 8.56. The Morgan fingerprint density at radius 1 is 1.29 bits per heavy atom. The highest BCUT2D eigenvalue weighted by Gasteiger charge is 2.31. The van der Waals surface area contributed by atoms with Gasteiger partial charge in [-0.15, -0.1) is 0 Å². The highest BCUT2D eigenvalue weighted by atomic mass is 19.4. The molecule has 1 atom stereocenters. The maximum atomic E-state index is 12.2. The van der Waals surface area contributed by atoms with Crippen LogP contribution in [0.3, 0.4) is 0 Å². The first-order valence-corrected chi connectivity index (χ1v) is 5.88. The standard InChI is InChI=1S/C11H18F3NO2/c12-11(13,14)8-15-6-1-2-9(5-7-15)3-4-10(16)17/h9H,1-8H2,(H,16,17). The van der Waals surface area contributed by atoms with Crippen molar-refractivity contribution >= 4 is 5.97 Å². The SMILES string of the molecule is O=C(O)CCC1CCCN(CC(F)(F)F)CC1. The Morgan fingerprint density at radius 2 is 2.00 bits per heavy atom. The second-order valence-corrected chi connectivity index (χ2v) is 4.62. The lowest BCUT2D eigenvalue weighted by Crippen LogP contribution is -2.34. The number of hydrogen-bond acceptors (Lipinski definition) is 2. The van der Waals surface area contributed by atoms with E-state index < -0.39 is 18.7 Å². The maximum absolute atomic E-state index is 12.2. The van der Waals surface area contributed by atoms with Crippen LogP contribution in [0.4, 0.5) is 13.2 Å². The van der Waals surface area contributed by atoms with Gasteiger partial charge < -0.3 is 5.11 Å². The minimum absolute atomic E-state index is 0.115. The normalized spacial score (nSPS) is 23.4. The average Bonchev–Trinajstić information content (AvgIpc) is 2.38. The molecule has 1 heterocycles. The van der Waals surface area contributed by atoms with Gasteiger partial charge in [0, 0.05) is 6.42 Å². The molecule has 1 rings (SSSR count). The van der Waals surface area contributed by atoms with Gasteiger partial charge >= 0.3 is 12.1 Å². The molecule has 1 saturated heterocycles. The predicted octanol–water partition coefficient (Wildman–Crippen LogP) is 2.52. The van der Waals surface area contributed by atoms with E-state index in [-0.39, 0.29) is 12.3 Å². The molecule has 1 unspecified atom stereocenters. The van der Waals surface area contributed by atoms with Gasteiger partial charge in [0.25, 0.3) is 0 Å². The molecule has 0 aromatic rings. The zero-order valence-electron chi connectivity index (χ0n) is 9.67. The van der Waals surface area contributed by atoms with Crippen molar-refractivity contribution in [2.24, 2.45) is 5.92 Å². The van der Waals surface area contributed by atoms with Crippen molar-refractivity contribution in [3.63, 3.8) is 0 Å². The topological polar surface area (TPSA) is 40.5 Å². The summed E-state index contributed by atoms with van der Waals surface area (Å²) < 4.78 is 36.6. The van der Waals surface area contributed by atoms with E-state index in [4.69, 9.17) is 5.11 Å². The van der Waals surface area contributed by atoms with Gasteiger partial charge in [0.15, 0.2) is 0 Å². The first kappa shape index (κ1) is 14.3. The molecule has 0 amide bonds. The lowest BCUT2D eigenvalue weighted by Gasteiger charge is -2.21. The summed E-state index contributed by atoms with van der Waals surface area (Å²) >= 11 is 0. The number of rotatable bonds is 4. The average molecular weight is 253 g/mol. The number of carboxylic acid groups (broad SMARTS) is 1. The van der Waals surface area contributed by atoms with Crippen LogP contribution in [0.1, 0.15) is 32.1 Å². The Hall–Kier alpha value is -0.780. The molecule has 0 aromatic heterocycles. The monoisotopic (exact) mass is 253 g/mol. The van der Waals surface area contributed by atoms with Gasteiger partial charge in [0.05, 0.1) is 6.54 Å². The van der Waals surface area contributed by atoms with E-state index in [1.54, 1.807) is 0 Å². The quantitative estimate of drug-likeness (QED) is 0.837. The van der Waals surface area contributed by atoms with Gasteiger partial charge in [-0.1, -0.05) is 0 Å². The van der Waals surface area contributed by atoms with Crippen LogP contribution in [0, 0.1) is 5.92 Å². The van der Waals surface area contributed by atoms with Gasteiger partial charge in [-0.3, -0.25) is 9.69 Å². The largest absolute Gasteiger partial charge is 0.481 e. The Labute approximate surface area is 98.6 Å². The number of aliphatic carboxylic acids is 1. The van der Waals surface area contributed by atoms with Crippen molar-refractivity contribution in [3.8, 4) is 0 Å². The fraction of sp³-hybridized carbons (Fsp3) is 0.909. The van der Waals surface area contributed by atoms with Crippen molar-refractivity contribution in [1.29, 1.82) is 0 Å². The van der Waals surface area contributed by atoms with Crippen LogP contribution in [-0.2, 0) is 4.79 Å². The number of halogens is 3. The van der Waals surface area contributed by atoms with Gasteiger partial charge in [0.1, 0.15) is 0 Å². The minimum Gasteiger partial charge on any atom is -0.481 e. The summed E-state index contributed by atoms with van der Waals surface area (Å²) in [6.45, 7) is 0.0333. The van der Waals surface area contributed by atoms with E-state index in [0.29, 0.717) is 25.9 Å². The third-order valence-corrected chi connectivity index (χ3v) is 3.11. The second-order valence-electron chi connectivity index (χ2n) is 4.62. The molecule has 1 fully saturated rings. The summed E-state index contributed by atoms with van der Waals surface area (Å²) in [6, 6.07) is 0. The maximum Gasteiger partial charge on any atom is 0.401 e. The summed E-state index contributed by atoms with van der Waals surface area (Å²) in [6.07, 6.45) is -1.22. The first-order valence-electron chi connectivity index (χ1n) is 5.88. The first-order chi connectivity index (χ1) is 7.87. The number of alkyl halides is 3. The van der Waals surface area contributed by atoms with Crippen molar-refractivity contribution in [2.75, 3.05) is 19.6 Å². The van der Waals surface area contributed by atoms with Crippen LogP contribution < -0.4 is 0 Å². The minimum atomic E-state index is -4.14. The molecule has 0 aromatic carbocycles. The second kappa shape index (κ2) is 6.23. The van der Waals surface area contributed by atoms with Crippen molar-refractivity contribution in [3.05, 3.63) is 0 Å². The van der Waals surface area contributed by atoms with Crippen LogP contribution in [-0.4, -0.2) is 41.8 Å². The Morgan fingerprint density at radius 3 is 2.59 bits per heavy atom. The molecule has 6 heteroatoms. The van der Waals surface area contributed by atoms with Crippen LogP contribution in [0.2, 0.25) is 0 Å². The third kappa shape index (κ3) is 6.51. The molecular formula is C11H18F3NO2. The molecule has 1 aliphatic rings. The molecule has 100 valence electrons. The molecule has 0 bridgehead atoms. The Bertz CT molecular complexity index is 256. The van der Waals surface area contributed by atoms with E-state index in [9.17, 15) is 18.0 Å². The van der Waals surface area contributed by atoms with Crippen LogP contribution in [0.25, 0.3) is 0 Å². The predicted molar refractivity (Wildman–Crippen MR) is 56.7 cm³/mol. The van der Waals surface area contributed by atoms with Gasteiger partial charge in [0.2, 0.25) is 0 Å². The molecular weight excluding hydrogens is 235 g/mol. The zero-order valence-corrected chi connectivity index (χ0v) is 9.67. The van der Waals surface area contributed by atoms with E-state index in [1.165, 1.54) is 4.90 Å². The molecule has 3 nitrogen and oxygen atoms in total. The van der Waals surface area contributed by atoms with E-state index in [2.05, 4.69) is 0 Å². The zero-order chi connectivity index (χ0) is 12.9. The van der Waals surface area contributed by atoms with Crippen LogP contribution in [0.15, 0.2) is 0 Å². The number of carboxylic acids is 1. The molecule has 0 spiro atoms. The summed E-state index contributed by atoms with van der Waals surface area (Å²) in [5.74, 6) is -0.578. The smallest absolute Gasteiger partial charge is 0.401 e. The summed E-state index contributed by atoms with van der Waals surface area (Å²) in [5.41, 5.74) is 0.